The molecule has 1 aliphatic heterocycles. The van der Waals surface area contributed by atoms with Gasteiger partial charge in [-0.05, 0) is 61.3 Å². The Hall–Kier alpha value is -2.24. The summed E-state index contributed by atoms with van der Waals surface area (Å²) in [6.45, 7) is 3.40. The number of benzene rings is 1. The maximum atomic E-state index is 10.9. The molecular formula is C19H27N3O3. The fourth-order valence-electron chi connectivity index (χ4n) is 3.44. The molecule has 6 heteroatoms. The van der Waals surface area contributed by atoms with Crippen LogP contribution in [-0.2, 0) is 17.6 Å². The first-order valence-electron chi connectivity index (χ1n) is 9.19. The van der Waals surface area contributed by atoms with Gasteiger partial charge in [-0.15, -0.1) is 0 Å². The number of fused-ring (bicyclic) bond motifs is 1. The maximum absolute atomic E-state index is 10.9. The van der Waals surface area contributed by atoms with Crippen molar-refractivity contribution in [1.29, 1.82) is 0 Å². The number of nitrogens with zero attached hydrogens (tertiary/aromatic N) is 1. The number of carbonyl (C=O) groups is 1. The van der Waals surface area contributed by atoms with Crippen LogP contribution in [0.15, 0.2) is 23.2 Å². The van der Waals surface area contributed by atoms with Crippen molar-refractivity contribution in [3.8, 4) is 5.75 Å². The molecule has 0 aromatic heterocycles. The van der Waals surface area contributed by atoms with Gasteiger partial charge in [0.05, 0.1) is 6.61 Å². The van der Waals surface area contributed by atoms with Crippen LogP contribution < -0.4 is 15.4 Å². The Labute approximate surface area is 148 Å². The van der Waals surface area contributed by atoms with Gasteiger partial charge in [-0.3, -0.25) is 9.79 Å². The molecule has 6 nitrogen and oxygen atoms in total. The summed E-state index contributed by atoms with van der Waals surface area (Å²) in [6, 6.07) is 6.21. The zero-order chi connectivity index (χ0) is 17.5. The molecule has 0 radical (unpaired) electrons. The van der Waals surface area contributed by atoms with Gasteiger partial charge in [-0.1, -0.05) is 6.07 Å². The minimum absolute atomic E-state index is 0.263. The molecule has 136 valence electrons. The van der Waals surface area contributed by atoms with E-state index in [1.54, 1.807) is 0 Å². The average molecular weight is 345 g/mol. The minimum Gasteiger partial charge on any atom is -0.494 e. The molecule has 1 aromatic carbocycles. The van der Waals surface area contributed by atoms with E-state index in [1.165, 1.54) is 11.1 Å². The van der Waals surface area contributed by atoms with Crippen LogP contribution in [0.3, 0.4) is 0 Å². The molecule has 0 spiro atoms. The highest BCUT2D eigenvalue weighted by Crippen LogP contribution is 2.30. The quantitative estimate of drug-likeness (QED) is 0.658. The Morgan fingerprint density at radius 1 is 1.40 bits per heavy atom. The van der Waals surface area contributed by atoms with Crippen LogP contribution in [0.1, 0.15) is 36.8 Å². The zero-order valence-corrected chi connectivity index (χ0v) is 14.6. The molecular weight excluding hydrogens is 318 g/mol. The molecule has 1 aromatic rings. The number of carboxylic acid groups (broad SMARTS) is 1. The van der Waals surface area contributed by atoms with E-state index in [2.05, 4.69) is 27.8 Å². The number of hydrogen-bond donors (Lipinski definition) is 3. The van der Waals surface area contributed by atoms with Crippen LogP contribution in [0.4, 0.5) is 0 Å². The van der Waals surface area contributed by atoms with E-state index in [4.69, 9.17) is 9.84 Å². The molecule has 25 heavy (non-hydrogen) atoms. The average Bonchev–Trinajstić information content (AvgIpc) is 2.62. The number of aliphatic imine (C=N–C) groups is 1. The molecule has 2 aliphatic rings. The highest BCUT2D eigenvalue weighted by molar-refractivity contribution is 5.80. The fourth-order valence-corrected chi connectivity index (χ4v) is 3.44. The van der Waals surface area contributed by atoms with Gasteiger partial charge in [-0.2, -0.15) is 0 Å². The van der Waals surface area contributed by atoms with Crippen molar-refractivity contribution < 1.29 is 14.6 Å². The van der Waals surface area contributed by atoms with Crippen LogP contribution in [0, 0.1) is 5.92 Å². The summed E-state index contributed by atoms with van der Waals surface area (Å²) in [4.78, 5) is 15.2. The van der Waals surface area contributed by atoms with Gasteiger partial charge in [0, 0.05) is 26.1 Å². The number of aryl methyl sites for hydroxylation is 1. The lowest BCUT2D eigenvalue weighted by molar-refractivity contribution is -0.138. The van der Waals surface area contributed by atoms with Crippen molar-refractivity contribution in [3.05, 3.63) is 29.3 Å². The van der Waals surface area contributed by atoms with Crippen LogP contribution in [0.5, 0.6) is 5.75 Å². The van der Waals surface area contributed by atoms with E-state index in [1.807, 2.05) is 6.07 Å². The SMILES string of the molecule is O=C(O)CC1CCc2cc(OCCCNC3=NCCCN3)ccc2C1. The van der Waals surface area contributed by atoms with Gasteiger partial charge in [0.2, 0.25) is 0 Å². The van der Waals surface area contributed by atoms with E-state index in [9.17, 15) is 4.79 Å². The first-order valence-corrected chi connectivity index (χ1v) is 9.19. The van der Waals surface area contributed by atoms with Gasteiger partial charge in [0.1, 0.15) is 5.75 Å². The lowest BCUT2D eigenvalue weighted by Gasteiger charge is -2.24. The van der Waals surface area contributed by atoms with Crippen LogP contribution in [0.25, 0.3) is 0 Å². The van der Waals surface area contributed by atoms with E-state index < -0.39 is 5.97 Å². The molecule has 1 aliphatic carbocycles. The summed E-state index contributed by atoms with van der Waals surface area (Å²) in [6.07, 6.45) is 5.03. The number of aliphatic carboxylic acids is 1. The van der Waals surface area contributed by atoms with E-state index in [-0.39, 0.29) is 12.3 Å². The van der Waals surface area contributed by atoms with Crippen molar-refractivity contribution in [1.82, 2.24) is 10.6 Å². The number of rotatable bonds is 7. The molecule has 3 rings (SSSR count). The second kappa shape index (κ2) is 8.74. The summed E-state index contributed by atoms with van der Waals surface area (Å²) in [5.74, 6) is 1.37. The molecule has 1 unspecified atom stereocenters. The Bertz CT molecular complexity index is 630. The zero-order valence-electron chi connectivity index (χ0n) is 14.6. The largest absolute Gasteiger partial charge is 0.494 e. The van der Waals surface area contributed by atoms with Crippen LogP contribution >= 0.6 is 0 Å². The highest BCUT2D eigenvalue weighted by atomic mass is 16.5. The van der Waals surface area contributed by atoms with Crippen molar-refractivity contribution in [2.45, 2.75) is 38.5 Å². The van der Waals surface area contributed by atoms with Gasteiger partial charge in [0.15, 0.2) is 5.96 Å². The van der Waals surface area contributed by atoms with E-state index in [0.29, 0.717) is 6.61 Å². The Morgan fingerprint density at radius 3 is 3.12 bits per heavy atom. The van der Waals surface area contributed by atoms with Crippen molar-refractivity contribution in [2.24, 2.45) is 10.9 Å². The molecule has 3 N–H and O–H groups in total. The third-order valence-electron chi connectivity index (χ3n) is 4.75. The summed E-state index contributed by atoms with van der Waals surface area (Å²) in [7, 11) is 0. The maximum Gasteiger partial charge on any atom is 0.303 e. The number of carboxylic acids is 1. The summed E-state index contributed by atoms with van der Waals surface area (Å²) in [5.41, 5.74) is 2.57. The predicted octanol–water partition coefficient (Wildman–Crippen LogP) is 1.97. The molecule has 1 heterocycles. The lowest BCUT2D eigenvalue weighted by atomic mass is 9.82. The number of hydrogen-bond acceptors (Lipinski definition) is 5. The smallest absolute Gasteiger partial charge is 0.303 e. The third kappa shape index (κ3) is 5.37. The summed E-state index contributed by atoms with van der Waals surface area (Å²) >= 11 is 0. The van der Waals surface area contributed by atoms with Crippen LogP contribution in [0.2, 0.25) is 0 Å². The third-order valence-corrected chi connectivity index (χ3v) is 4.75. The van der Waals surface area contributed by atoms with E-state index >= 15 is 0 Å². The molecule has 0 saturated carbocycles. The molecule has 0 amide bonds. The predicted molar refractivity (Wildman–Crippen MR) is 97.2 cm³/mol. The van der Waals surface area contributed by atoms with Gasteiger partial charge in [-0.25, -0.2) is 0 Å². The van der Waals surface area contributed by atoms with E-state index in [0.717, 1.165) is 63.4 Å². The van der Waals surface area contributed by atoms with Crippen molar-refractivity contribution >= 4 is 11.9 Å². The number of nitrogens with one attached hydrogen (secondary N) is 2. The molecule has 0 fully saturated rings. The second-order valence-electron chi connectivity index (χ2n) is 6.78. The Morgan fingerprint density at radius 2 is 2.32 bits per heavy atom. The molecule has 0 bridgehead atoms. The monoisotopic (exact) mass is 345 g/mol. The number of guanidine groups is 1. The first kappa shape index (κ1) is 17.6. The lowest BCUT2D eigenvalue weighted by Crippen LogP contribution is -2.41. The van der Waals surface area contributed by atoms with Crippen molar-refractivity contribution in [2.75, 3.05) is 26.2 Å². The summed E-state index contributed by atoms with van der Waals surface area (Å²) < 4.78 is 5.86. The fraction of sp³-hybridized carbons (Fsp3) is 0.579. The van der Waals surface area contributed by atoms with Crippen LogP contribution in [-0.4, -0.2) is 43.3 Å². The molecule has 0 saturated heterocycles. The second-order valence-corrected chi connectivity index (χ2v) is 6.78. The topological polar surface area (TPSA) is 83.0 Å². The molecule has 1 atom stereocenters. The van der Waals surface area contributed by atoms with Crippen molar-refractivity contribution in [3.63, 3.8) is 0 Å². The Balaban J connectivity index is 1.40. The van der Waals surface area contributed by atoms with Gasteiger partial charge in [0.25, 0.3) is 0 Å². The normalized spacial score (nSPS) is 19.4. The first-order chi connectivity index (χ1) is 12.2. The standard InChI is InChI=1S/C19H27N3O3/c23-18(24)12-14-3-4-16-13-17(6-5-15(16)11-14)25-10-2-9-22-19-20-7-1-8-21-19/h5-6,13-14H,1-4,7-12H2,(H,23,24)(H2,20,21,22). The van der Waals surface area contributed by atoms with Gasteiger partial charge >= 0.3 is 5.97 Å². The minimum atomic E-state index is -0.698. The van der Waals surface area contributed by atoms with Gasteiger partial charge < -0.3 is 20.5 Å². The summed E-state index contributed by atoms with van der Waals surface area (Å²) in [5, 5.41) is 15.5. The number of ether oxygens (including phenoxy) is 1. The Kier molecular flexibility index (Phi) is 6.14. The highest BCUT2D eigenvalue weighted by Gasteiger charge is 2.21.